The fraction of sp³-hybridized carbons (Fsp3) is 0.529. The first-order valence-corrected chi connectivity index (χ1v) is 7.90. The third kappa shape index (κ3) is 5.12. The van der Waals surface area contributed by atoms with Gasteiger partial charge in [-0.05, 0) is 24.6 Å². The molecule has 1 heterocycles. The number of nitrogens with one attached hydrogen (secondary N) is 1. The predicted octanol–water partition coefficient (Wildman–Crippen LogP) is 3.83. The molecule has 1 atom stereocenters. The van der Waals surface area contributed by atoms with Crippen LogP contribution in [0.5, 0.6) is 11.5 Å². The van der Waals surface area contributed by atoms with Crippen LogP contribution in [0.25, 0.3) is 0 Å². The van der Waals surface area contributed by atoms with Crippen LogP contribution in [0, 0.1) is 0 Å². The first-order valence-electron chi connectivity index (χ1n) is 7.90. The van der Waals surface area contributed by atoms with Crippen LogP contribution in [-0.2, 0) is 12.0 Å². The summed E-state index contributed by atoms with van der Waals surface area (Å²) in [4.78, 5) is 4.41. The quantitative estimate of drug-likeness (QED) is 0.814. The Kier molecular flexibility index (Phi) is 5.94. The number of benzene rings is 1. The largest absolute Gasteiger partial charge is 0.493 e. The molecule has 0 saturated heterocycles. The van der Waals surface area contributed by atoms with Crippen molar-refractivity contribution >= 4 is 0 Å². The average molecular weight is 355 g/mol. The molecular formula is C17H23F2N3O3. The van der Waals surface area contributed by atoms with Gasteiger partial charge in [-0.25, -0.2) is 0 Å². The third-order valence-electron chi connectivity index (χ3n) is 3.54. The highest BCUT2D eigenvalue weighted by Gasteiger charge is 2.23. The van der Waals surface area contributed by atoms with Crippen molar-refractivity contribution in [1.82, 2.24) is 15.5 Å². The molecule has 8 heteroatoms. The molecule has 6 nitrogen and oxygen atoms in total. The Bertz CT molecular complexity index is 699. The minimum absolute atomic E-state index is 0.000943. The van der Waals surface area contributed by atoms with E-state index in [4.69, 9.17) is 9.26 Å². The van der Waals surface area contributed by atoms with Crippen molar-refractivity contribution in [1.29, 1.82) is 0 Å². The summed E-state index contributed by atoms with van der Waals surface area (Å²) in [5.74, 6) is 1.39. The van der Waals surface area contributed by atoms with Crippen LogP contribution in [0.15, 0.2) is 22.7 Å². The zero-order chi connectivity index (χ0) is 18.6. The molecule has 0 saturated carbocycles. The summed E-state index contributed by atoms with van der Waals surface area (Å²) in [5, 5.41) is 7.25. The molecular weight excluding hydrogens is 332 g/mol. The van der Waals surface area contributed by atoms with Crippen molar-refractivity contribution in [2.75, 3.05) is 7.11 Å². The van der Waals surface area contributed by atoms with E-state index in [0.717, 1.165) is 5.56 Å². The molecule has 0 radical (unpaired) electrons. The van der Waals surface area contributed by atoms with Crippen molar-refractivity contribution < 1.29 is 22.8 Å². The smallest absolute Gasteiger partial charge is 0.387 e. The van der Waals surface area contributed by atoms with Crippen molar-refractivity contribution in [2.24, 2.45) is 0 Å². The van der Waals surface area contributed by atoms with Crippen LogP contribution in [0.2, 0.25) is 0 Å². The van der Waals surface area contributed by atoms with Gasteiger partial charge < -0.3 is 19.3 Å². The standard InChI is InChI=1S/C17H23F2N3O3/c1-10(14-21-15(22-25-14)17(2,3)4)20-9-11-6-7-12(24-16(18)19)13(8-11)23-5/h6-8,10,16,20H,9H2,1-5H3. The van der Waals surface area contributed by atoms with Crippen LogP contribution < -0.4 is 14.8 Å². The van der Waals surface area contributed by atoms with Gasteiger partial charge in [0.05, 0.1) is 13.2 Å². The summed E-state index contributed by atoms with van der Waals surface area (Å²) < 4.78 is 39.5. The fourth-order valence-electron chi connectivity index (χ4n) is 2.09. The summed E-state index contributed by atoms with van der Waals surface area (Å²) >= 11 is 0. The minimum Gasteiger partial charge on any atom is -0.493 e. The Morgan fingerprint density at radius 1 is 1.24 bits per heavy atom. The zero-order valence-electron chi connectivity index (χ0n) is 15.0. The van der Waals surface area contributed by atoms with Gasteiger partial charge in [0.15, 0.2) is 17.3 Å². The summed E-state index contributed by atoms with van der Waals surface area (Å²) in [6, 6.07) is 4.63. The van der Waals surface area contributed by atoms with E-state index in [2.05, 4.69) is 20.2 Å². The van der Waals surface area contributed by atoms with E-state index in [9.17, 15) is 8.78 Å². The van der Waals surface area contributed by atoms with Gasteiger partial charge in [0.2, 0.25) is 5.89 Å². The number of halogens is 2. The van der Waals surface area contributed by atoms with Gasteiger partial charge in [0.1, 0.15) is 0 Å². The van der Waals surface area contributed by atoms with Crippen LogP contribution in [0.4, 0.5) is 8.78 Å². The molecule has 1 aromatic heterocycles. The van der Waals surface area contributed by atoms with Crippen molar-refractivity contribution in [3.8, 4) is 11.5 Å². The number of hydrogen-bond donors (Lipinski definition) is 1. The second-order valence-electron chi connectivity index (χ2n) is 6.67. The Balaban J connectivity index is 2.01. The number of hydrogen-bond acceptors (Lipinski definition) is 6. The lowest BCUT2D eigenvalue weighted by molar-refractivity contribution is -0.0512. The molecule has 0 fully saturated rings. The fourth-order valence-corrected chi connectivity index (χ4v) is 2.09. The summed E-state index contributed by atoms with van der Waals surface area (Å²) in [6.07, 6.45) is 0. The molecule has 0 spiro atoms. The number of aromatic nitrogens is 2. The first-order chi connectivity index (χ1) is 11.7. The third-order valence-corrected chi connectivity index (χ3v) is 3.54. The number of methoxy groups -OCH3 is 1. The maximum atomic E-state index is 12.4. The SMILES string of the molecule is COc1cc(CNC(C)c2nc(C(C)(C)C)no2)ccc1OC(F)F. The molecule has 0 bridgehead atoms. The van der Waals surface area contributed by atoms with Crippen LogP contribution in [0.1, 0.15) is 51.0 Å². The minimum atomic E-state index is -2.90. The number of nitrogens with zero attached hydrogens (tertiary/aromatic N) is 2. The van der Waals surface area contributed by atoms with Gasteiger partial charge in [-0.15, -0.1) is 0 Å². The van der Waals surface area contributed by atoms with Crippen molar-refractivity contribution in [2.45, 2.75) is 52.3 Å². The van der Waals surface area contributed by atoms with E-state index in [-0.39, 0.29) is 23.0 Å². The lowest BCUT2D eigenvalue weighted by Crippen LogP contribution is -2.19. The maximum absolute atomic E-state index is 12.4. The second-order valence-corrected chi connectivity index (χ2v) is 6.67. The molecule has 0 aliphatic heterocycles. The predicted molar refractivity (Wildman–Crippen MR) is 87.9 cm³/mol. The lowest BCUT2D eigenvalue weighted by Gasteiger charge is -2.13. The van der Waals surface area contributed by atoms with E-state index in [0.29, 0.717) is 18.3 Å². The van der Waals surface area contributed by atoms with E-state index in [1.165, 1.54) is 13.2 Å². The number of alkyl halides is 2. The Labute approximate surface area is 145 Å². The van der Waals surface area contributed by atoms with E-state index < -0.39 is 6.61 Å². The average Bonchev–Trinajstić information content (AvgIpc) is 3.03. The Hall–Kier alpha value is -2.22. The summed E-state index contributed by atoms with van der Waals surface area (Å²) in [7, 11) is 1.40. The molecule has 0 aliphatic rings. The van der Waals surface area contributed by atoms with Crippen LogP contribution in [0.3, 0.4) is 0 Å². The Morgan fingerprint density at radius 2 is 1.96 bits per heavy atom. The molecule has 1 aromatic carbocycles. The molecule has 138 valence electrons. The first kappa shape index (κ1) is 19.1. The molecule has 2 aromatic rings. The highest BCUT2D eigenvalue weighted by atomic mass is 19.3. The lowest BCUT2D eigenvalue weighted by atomic mass is 9.96. The highest BCUT2D eigenvalue weighted by molar-refractivity contribution is 5.43. The van der Waals surface area contributed by atoms with Gasteiger partial charge in [-0.3, -0.25) is 0 Å². The van der Waals surface area contributed by atoms with Gasteiger partial charge in [-0.1, -0.05) is 32.0 Å². The van der Waals surface area contributed by atoms with Gasteiger partial charge in [0.25, 0.3) is 0 Å². The van der Waals surface area contributed by atoms with Gasteiger partial charge >= 0.3 is 6.61 Å². The highest BCUT2D eigenvalue weighted by Crippen LogP contribution is 2.29. The summed E-state index contributed by atoms with van der Waals surface area (Å²) in [6.45, 7) is 5.51. The molecule has 0 amide bonds. The monoisotopic (exact) mass is 355 g/mol. The second kappa shape index (κ2) is 7.77. The van der Waals surface area contributed by atoms with Crippen molar-refractivity contribution in [3.05, 3.63) is 35.5 Å². The van der Waals surface area contributed by atoms with E-state index >= 15 is 0 Å². The van der Waals surface area contributed by atoms with Crippen molar-refractivity contribution in [3.63, 3.8) is 0 Å². The molecule has 25 heavy (non-hydrogen) atoms. The molecule has 2 rings (SSSR count). The Morgan fingerprint density at radius 3 is 2.52 bits per heavy atom. The number of ether oxygens (including phenoxy) is 2. The van der Waals surface area contributed by atoms with Crippen LogP contribution >= 0.6 is 0 Å². The van der Waals surface area contributed by atoms with Gasteiger partial charge in [-0.2, -0.15) is 13.8 Å². The molecule has 1 N–H and O–H groups in total. The topological polar surface area (TPSA) is 69.4 Å². The van der Waals surface area contributed by atoms with E-state index in [1.807, 2.05) is 27.7 Å². The normalized spacial score (nSPS) is 13.1. The van der Waals surface area contributed by atoms with E-state index in [1.54, 1.807) is 12.1 Å². The van der Waals surface area contributed by atoms with Crippen LogP contribution in [-0.4, -0.2) is 23.9 Å². The summed E-state index contributed by atoms with van der Waals surface area (Å²) in [5.41, 5.74) is 0.663. The molecule has 1 unspecified atom stereocenters. The zero-order valence-corrected chi connectivity index (χ0v) is 15.0. The molecule has 0 aliphatic carbocycles. The maximum Gasteiger partial charge on any atom is 0.387 e. The van der Waals surface area contributed by atoms with Gasteiger partial charge in [0, 0.05) is 12.0 Å². The number of rotatable bonds is 7.